The van der Waals surface area contributed by atoms with Gasteiger partial charge in [-0.05, 0) is 12.1 Å². The maximum absolute atomic E-state index is 11.9. The maximum atomic E-state index is 11.9. The Labute approximate surface area is 149 Å². The number of nitro groups is 1. The summed E-state index contributed by atoms with van der Waals surface area (Å²) < 4.78 is 35.7. The maximum Gasteiger partial charge on any atom is 1.00 e. The summed E-state index contributed by atoms with van der Waals surface area (Å²) >= 11 is 0. The van der Waals surface area contributed by atoms with Crippen molar-refractivity contribution in [1.29, 1.82) is 0 Å². The first-order valence-electron chi connectivity index (χ1n) is 5.03. The van der Waals surface area contributed by atoms with Gasteiger partial charge in [0.2, 0.25) is 5.91 Å². The van der Waals surface area contributed by atoms with Gasteiger partial charge in [0.25, 0.3) is 5.69 Å². The van der Waals surface area contributed by atoms with Crippen LogP contribution in [0, 0.1) is 10.1 Å². The van der Waals surface area contributed by atoms with Crippen LogP contribution in [0.15, 0.2) is 24.3 Å². The molecule has 0 aromatic heterocycles. The number of amides is 1. The van der Waals surface area contributed by atoms with Crippen molar-refractivity contribution in [3.05, 3.63) is 34.4 Å². The number of hydrogen-bond donors (Lipinski definition) is 1. The minimum atomic E-state index is -4.98. The summed E-state index contributed by atoms with van der Waals surface area (Å²) in [6.07, 6.45) is -1.79. The Bertz CT molecular complexity index is 453. The van der Waals surface area contributed by atoms with Crippen molar-refractivity contribution in [2.75, 3.05) is 5.32 Å². The van der Waals surface area contributed by atoms with E-state index in [1.54, 1.807) is 0 Å². The van der Waals surface area contributed by atoms with Crippen LogP contribution in [0.2, 0.25) is 6.32 Å². The summed E-state index contributed by atoms with van der Waals surface area (Å²) in [6.45, 7) is -4.98. The van der Waals surface area contributed by atoms with Crippen LogP contribution in [-0.4, -0.2) is 17.8 Å². The third kappa shape index (κ3) is 7.68. The molecule has 0 unspecified atom stereocenters. The average Bonchev–Trinajstić information content (AvgIpc) is 2.26. The van der Waals surface area contributed by atoms with Crippen LogP contribution in [0.4, 0.5) is 24.3 Å². The van der Waals surface area contributed by atoms with Crippen molar-refractivity contribution in [3.63, 3.8) is 0 Å². The van der Waals surface area contributed by atoms with E-state index in [1.165, 1.54) is 12.1 Å². The molecule has 1 amide bonds. The zero-order valence-corrected chi connectivity index (χ0v) is 13.2. The number of halogens is 3. The van der Waals surface area contributed by atoms with Gasteiger partial charge in [-0.15, -0.1) is 0 Å². The van der Waals surface area contributed by atoms with Crippen LogP contribution < -0.4 is 56.7 Å². The monoisotopic (exact) mass is 300 g/mol. The minimum absolute atomic E-state index is 0. The predicted molar refractivity (Wildman–Crippen MR) is 60.2 cm³/mol. The fourth-order valence-electron chi connectivity index (χ4n) is 1.18. The molecule has 19 heavy (non-hydrogen) atoms. The quantitative estimate of drug-likeness (QED) is 0.464. The largest absolute Gasteiger partial charge is 1.00 e. The van der Waals surface area contributed by atoms with Gasteiger partial charge >= 0.3 is 58.4 Å². The second kappa shape index (κ2) is 8.00. The number of hydrogen-bond acceptors (Lipinski definition) is 3. The normalized spacial score (nSPS) is 10.5. The first kappa shape index (κ1) is 18.6. The molecule has 0 spiro atoms. The smallest absolute Gasteiger partial charge is 0.449 e. The van der Waals surface area contributed by atoms with Crippen molar-refractivity contribution in [2.24, 2.45) is 0 Å². The van der Waals surface area contributed by atoms with E-state index in [4.69, 9.17) is 0 Å². The molecule has 1 N–H and O–H groups in total. The topological polar surface area (TPSA) is 72.2 Å². The van der Waals surface area contributed by atoms with Crippen molar-refractivity contribution in [2.45, 2.75) is 12.7 Å². The third-order valence-corrected chi connectivity index (χ3v) is 2.06. The minimum Gasteiger partial charge on any atom is -0.449 e. The van der Waals surface area contributed by atoms with E-state index in [9.17, 15) is 27.9 Å². The molecule has 5 nitrogen and oxygen atoms in total. The Balaban J connectivity index is 0.00000324. The first-order valence-corrected chi connectivity index (χ1v) is 5.03. The van der Waals surface area contributed by atoms with Crippen molar-refractivity contribution in [1.82, 2.24) is 0 Å². The molecule has 0 saturated carbocycles. The predicted octanol–water partition coefficient (Wildman–Crippen LogP) is -0.225. The second-order valence-electron chi connectivity index (χ2n) is 3.60. The van der Waals surface area contributed by atoms with Crippen LogP contribution in [0.3, 0.4) is 0 Å². The van der Waals surface area contributed by atoms with Crippen LogP contribution in [0.1, 0.15) is 6.42 Å². The molecule has 0 saturated heterocycles. The molecule has 98 valence electrons. The molecule has 0 aliphatic heterocycles. The Morgan fingerprint density at radius 2 is 1.79 bits per heavy atom. The molecule has 0 bridgehead atoms. The molecule has 0 fully saturated rings. The van der Waals surface area contributed by atoms with E-state index in [-0.39, 0.29) is 62.8 Å². The van der Waals surface area contributed by atoms with Crippen molar-refractivity contribution < 1.29 is 74.0 Å². The van der Waals surface area contributed by atoms with E-state index >= 15 is 0 Å². The zero-order chi connectivity index (χ0) is 13.8. The number of nitro benzene ring substituents is 1. The van der Waals surface area contributed by atoms with Crippen LogP contribution >= 0.6 is 0 Å². The van der Waals surface area contributed by atoms with Crippen LogP contribution in [-0.2, 0) is 4.79 Å². The summed E-state index contributed by atoms with van der Waals surface area (Å²) in [5.41, 5.74) is 0.0619. The number of nitrogens with zero attached hydrogens (tertiary/aromatic N) is 1. The zero-order valence-electron chi connectivity index (χ0n) is 10.1. The van der Waals surface area contributed by atoms with E-state index < -0.39 is 30.5 Å². The van der Waals surface area contributed by atoms with Gasteiger partial charge in [-0.2, -0.15) is 0 Å². The molecule has 1 aromatic rings. The summed E-state index contributed by atoms with van der Waals surface area (Å²) in [7, 11) is 0. The fourth-order valence-corrected chi connectivity index (χ4v) is 1.18. The number of anilines is 1. The molecule has 0 aliphatic rings. The van der Waals surface area contributed by atoms with Gasteiger partial charge in [0, 0.05) is 24.2 Å². The molecular weight excluding hydrogens is 291 g/mol. The number of benzene rings is 1. The molecule has 0 atom stereocenters. The third-order valence-electron chi connectivity index (χ3n) is 2.06. The summed E-state index contributed by atoms with van der Waals surface area (Å²) in [4.78, 5) is 20.9. The van der Waals surface area contributed by atoms with Crippen molar-refractivity contribution in [3.8, 4) is 0 Å². The molecular formula is C9H9BF3KN2O3. The Hall–Kier alpha value is -0.419. The molecule has 0 radical (unpaired) electrons. The Kier molecular flexibility index (Phi) is 7.82. The summed E-state index contributed by atoms with van der Waals surface area (Å²) in [6, 6.07) is 4.83. The number of non-ortho nitro benzene ring substituents is 1. The average molecular weight is 300 g/mol. The Morgan fingerprint density at radius 1 is 1.26 bits per heavy atom. The van der Waals surface area contributed by atoms with Crippen LogP contribution in [0.25, 0.3) is 0 Å². The van der Waals surface area contributed by atoms with E-state index in [2.05, 4.69) is 5.32 Å². The second-order valence-corrected chi connectivity index (χ2v) is 3.60. The number of rotatable bonds is 5. The van der Waals surface area contributed by atoms with Gasteiger partial charge in [0.15, 0.2) is 0 Å². The van der Waals surface area contributed by atoms with E-state index in [1.807, 2.05) is 0 Å². The molecule has 0 aliphatic carbocycles. The van der Waals surface area contributed by atoms with Crippen molar-refractivity contribution >= 4 is 24.3 Å². The fraction of sp³-hybridized carbons (Fsp3) is 0.222. The molecule has 1 aromatic carbocycles. The number of carbonyl (C=O) groups excluding carboxylic acids is 1. The summed E-state index contributed by atoms with van der Waals surface area (Å²) in [5, 5.41) is 12.6. The Morgan fingerprint density at radius 3 is 2.21 bits per heavy atom. The SMILES string of the molecule is O=C(CC[B-](F)(F)F)Nc1ccc([N+](=O)[O-])cc1.[K+]. The van der Waals surface area contributed by atoms with Gasteiger partial charge in [-0.3, -0.25) is 14.9 Å². The number of carbonyl (C=O) groups is 1. The molecule has 10 heteroatoms. The van der Waals surface area contributed by atoms with Gasteiger partial charge in [0.1, 0.15) is 0 Å². The van der Waals surface area contributed by atoms with Gasteiger partial charge in [0.05, 0.1) is 4.92 Å². The number of nitrogens with one attached hydrogen (secondary N) is 1. The van der Waals surface area contributed by atoms with E-state index in [0.717, 1.165) is 12.1 Å². The summed E-state index contributed by atoms with van der Waals surface area (Å²) in [5.74, 6) is -0.775. The van der Waals surface area contributed by atoms with Gasteiger partial charge in [-0.1, -0.05) is 6.32 Å². The standard InChI is InChI=1S/C9H9BF3N2O3.K/c11-10(12,13)6-5-9(16)14-7-1-3-8(4-2-7)15(17)18;/h1-4H,5-6H2,(H,14,16);/q-1;+1. The first-order chi connectivity index (χ1) is 8.28. The van der Waals surface area contributed by atoms with Gasteiger partial charge in [-0.25, -0.2) is 0 Å². The molecule has 1 rings (SSSR count). The van der Waals surface area contributed by atoms with Crippen LogP contribution in [0.5, 0.6) is 0 Å². The van der Waals surface area contributed by atoms with E-state index in [0.29, 0.717) is 0 Å². The molecule has 0 heterocycles. The van der Waals surface area contributed by atoms with Gasteiger partial charge < -0.3 is 18.3 Å².